The molecule has 0 radical (unpaired) electrons. The number of thiazole rings is 1. The molecule has 4 N–H and O–H groups in total. The van der Waals surface area contributed by atoms with Crippen LogP contribution in [0.5, 0.6) is 0 Å². The van der Waals surface area contributed by atoms with Crippen LogP contribution in [-0.2, 0) is 9.53 Å². The molecule has 0 spiro atoms. The Kier molecular flexibility index (Phi) is 8.67. The van der Waals surface area contributed by atoms with Crippen LogP contribution in [0.1, 0.15) is 114 Å². The molecule has 0 bridgehead atoms. The van der Waals surface area contributed by atoms with E-state index < -0.39 is 12.1 Å². The van der Waals surface area contributed by atoms with Crippen LogP contribution in [0.2, 0.25) is 0 Å². The number of nitrogens with zero attached hydrogens (tertiary/aromatic N) is 1. The number of ether oxygens (including phenoxy) is 1. The molecule has 41 heavy (non-hydrogen) atoms. The fourth-order valence-corrected chi connectivity index (χ4v) is 10.9. The van der Waals surface area contributed by atoms with Gasteiger partial charge in [-0.15, -0.1) is 11.3 Å². The van der Waals surface area contributed by atoms with Gasteiger partial charge in [0.05, 0.1) is 25.4 Å². The molecule has 0 saturated heterocycles. The predicted octanol–water partition coefficient (Wildman–Crippen LogP) is 5.37. The zero-order valence-corrected chi connectivity index (χ0v) is 26.4. The Morgan fingerprint density at radius 1 is 1.07 bits per heavy atom. The van der Waals surface area contributed by atoms with Crippen molar-refractivity contribution in [3.05, 3.63) is 10.6 Å². The number of fused-ring (bicyclic) bond motifs is 5. The summed E-state index contributed by atoms with van der Waals surface area (Å²) in [5.74, 6) is 1.03. The SMILES string of the molecule is COC(=O)c1nc(NC(=O)CC[C@@H](C)[C@H]2CC[C@H]3[C@@H]4[C@H](O)C[C@@H]5C[C@H](O)CC[C@]5(C)[C@H]4C[C@H](O)[C@]23C)sc1C(C)C. The molecular weight excluding hydrogens is 540 g/mol. The molecule has 8 nitrogen and oxygen atoms in total. The first-order valence-corrected chi connectivity index (χ1v) is 16.6. The minimum Gasteiger partial charge on any atom is -0.464 e. The summed E-state index contributed by atoms with van der Waals surface area (Å²) in [6, 6.07) is 0. The maximum Gasteiger partial charge on any atom is 0.357 e. The highest BCUT2D eigenvalue weighted by molar-refractivity contribution is 7.16. The van der Waals surface area contributed by atoms with E-state index in [1.807, 2.05) is 13.8 Å². The lowest BCUT2D eigenvalue weighted by Gasteiger charge is -2.63. The third-order valence-corrected chi connectivity index (χ3v) is 13.4. The van der Waals surface area contributed by atoms with Gasteiger partial charge in [0.25, 0.3) is 0 Å². The number of hydrogen-bond donors (Lipinski definition) is 4. The standard InChI is InChI=1S/C32H50N2O6S/c1-16(2)28-27(29(39)40-6)34-30(41-28)33-25(38)10-7-17(3)20-8-9-21-26-22(15-24(37)32(20,21)5)31(4)12-11-19(35)13-18(31)14-23(26)36/h16-24,26,35-37H,7-15H2,1-6H3,(H,33,34,38)/t17-,18+,19-,20-,21+,22+,23-,24+,26+,31+,32-/m1/s1. The lowest BCUT2D eigenvalue weighted by molar-refractivity contribution is -0.207. The third kappa shape index (κ3) is 5.27. The highest BCUT2D eigenvalue weighted by Gasteiger charge is 2.65. The largest absolute Gasteiger partial charge is 0.464 e. The van der Waals surface area contributed by atoms with Gasteiger partial charge in [-0.25, -0.2) is 9.78 Å². The van der Waals surface area contributed by atoms with Crippen molar-refractivity contribution in [1.29, 1.82) is 0 Å². The van der Waals surface area contributed by atoms with Crippen LogP contribution in [0.3, 0.4) is 0 Å². The highest BCUT2D eigenvalue weighted by Crippen LogP contribution is 2.68. The zero-order chi connectivity index (χ0) is 29.9. The van der Waals surface area contributed by atoms with Gasteiger partial charge in [-0.3, -0.25) is 4.79 Å². The lowest BCUT2D eigenvalue weighted by atomic mass is 9.43. The number of aliphatic hydroxyl groups is 3. The first-order valence-electron chi connectivity index (χ1n) is 15.7. The van der Waals surface area contributed by atoms with E-state index in [1.54, 1.807) is 0 Å². The fraction of sp³-hybridized carbons (Fsp3) is 0.844. The fourth-order valence-electron chi connectivity index (χ4n) is 9.89. The highest BCUT2D eigenvalue weighted by atomic mass is 32.1. The number of rotatable bonds is 7. The Morgan fingerprint density at radius 2 is 1.80 bits per heavy atom. The van der Waals surface area contributed by atoms with E-state index in [4.69, 9.17) is 4.74 Å². The maximum atomic E-state index is 13.0. The first kappa shape index (κ1) is 30.9. The molecule has 4 fully saturated rings. The Morgan fingerprint density at radius 3 is 2.49 bits per heavy atom. The molecule has 1 amide bonds. The Balaban J connectivity index is 1.25. The van der Waals surface area contributed by atoms with E-state index in [9.17, 15) is 24.9 Å². The van der Waals surface area contributed by atoms with Crippen LogP contribution in [-0.4, -0.2) is 57.6 Å². The van der Waals surface area contributed by atoms with Gasteiger partial charge in [0, 0.05) is 11.3 Å². The van der Waals surface area contributed by atoms with Crippen molar-refractivity contribution in [3.63, 3.8) is 0 Å². The van der Waals surface area contributed by atoms with E-state index in [0.717, 1.165) is 43.4 Å². The summed E-state index contributed by atoms with van der Waals surface area (Å²) in [4.78, 5) is 30.2. The molecule has 1 aromatic rings. The molecular formula is C32H50N2O6S. The minimum absolute atomic E-state index is 0.0617. The minimum atomic E-state index is -0.495. The number of nitrogens with one attached hydrogen (secondary N) is 1. The van der Waals surface area contributed by atoms with Crippen LogP contribution in [0, 0.1) is 46.3 Å². The van der Waals surface area contributed by atoms with Crippen LogP contribution in [0.15, 0.2) is 0 Å². The summed E-state index contributed by atoms with van der Waals surface area (Å²) in [5, 5.41) is 36.9. The van der Waals surface area contributed by atoms with E-state index in [-0.39, 0.29) is 70.1 Å². The summed E-state index contributed by atoms with van der Waals surface area (Å²) in [7, 11) is 1.33. The van der Waals surface area contributed by atoms with Crippen LogP contribution in [0.25, 0.3) is 0 Å². The van der Waals surface area contributed by atoms with Crippen molar-refractivity contribution in [1.82, 2.24) is 4.98 Å². The van der Waals surface area contributed by atoms with Gasteiger partial charge >= 0.3 is 5.97 Å². The monoisotopic (exact) mass is 590 g/mol. The summed E-state index contributed by atoms with van der Waals surface area (Å²) < 4.78 is 4.86. The first-order chi connectivity index (χ1) is 19.3. The Labute approximate surface area is 248 Å². The lowest BCUT2D eigenvalue weighted by Crippen LogP contribution is -2.62. The van der Waals surface area contributed by atoms with Gasteiger partial charge in [-0.2, -0.15) is 0 Å². The van der Waals surface area contributed by atoms with E-state index in [1.165, 1.54) is 18.4 Å². The molecule has 0 unspecified atom stereocenters. The second-order valence-corrected chi connectivity index (χ2v) is 15.5. The van der Waals surface area contributed by atoms with Gasteiger partial charge in [-0.1, -0.05) is 34.6 Å². The zero-order valence-electron chi connectivity index (χ0n) is 25.6. The van der Waals surface area contributed by atoms with E-state index in [0.29, 0.717) is 30.3 Å². The molecule has 1 aromatic heterocycles. The molecule has 230 valence electrons. The number of aliphatic hydroxyl groups excluding tert-OH is 3. The predicted molar refractivity (Wildman–Crippen MR) is 159 cm³/mol. The summed E-state index contributed by atoms with van der Waals surface area (Å²) in [6.45, 7) is 10.8. The molecule has 9 heteroatoms. The number of methoxy groups -OCH3 is 1. The molecule has 5 rings (SSSR count). The van der Waals surface area contributed by atoms with Gasteiger partial charge in [-0.05, 0) is 104 Å². The van der Waals surface area contributed by atoms with Gasteiger partial charge in [0.15, 0.2) is 10.8 Å². The summed E-state index contributed by atoms with van der Waals surface area (Å²) in [6.07, 6.45) is 5.97. The third-order valence-electron chi connectivity index (χ3n) is 12.2. The van der Waals surface area contributed by atoms with Crippen molar-refractivity contribution in [2.75, 3.05) is 12.4 Å². The van der Waals surface area contributed by atoms with E-state index in [2.05, 4.69) is 31.1 Å². The number of anilines is 1. The molecule has 4 aliphatic rings. The van der Waals surface area contributed by atoms with Crippen LogP contribution in [0.4, 0.5) is 5.13 Å². The quantitative estimate of drug-likeness (QED) is 0.314. The summed E-state index contributed by atoms with van der Waals surface area (Å²) in [5.41, 5.74) is 0.0404. The van der Waals surface area contributed by atoms with Crippen LogP contribution < -0.4 is 5.32 Å². The average Bonchev–Trinajstić information content (AvgIpc) is 3.50. The molecule has 11 atom stereocenters. The maximum absolute atomic E-state index is 13.0. The van der Waals surface area contributed by atoms with Crippen molar-refractivity contribution >= 4 is 28.3 Å². The molecule has 4 aliphatic carbocycles. The molecule has 4 saturated carbocycles. The Hall–Kier alpha value is -1.55. The smallest absolute Gasteiger partial charge is 0.357 e. The van der Waals surface area contributed by atoms with Crippen LogP contribution >= 0.6 is 11.3 Å². The van der Waals surface area contributed by atoms with Crippen molar-refractivity contribution in [2.24, 2.45) is 46.3 Å². The molecule has 0 aliphatic heterocycles. The normalized spacial score (nSPS) is 40.8. The molecule has 1 heterocycles. The average molecular weight is 591 g/mol. The number of aromatic nitrogens is 1. The number of amides is 1. The second-order valence-electron chi connectivity index (χ2n) is 14.5. The summed E-state index contributed by atoms with van der Waals surface area (Å²) >= 11 is 1.32. The van der Waals surface area contributed by atoms with Crippen molar-refractivity contribution < 1.29 is 29.6 Å². The molecule has 0 aromatic carbocycles. The van der Waals surface area contributed by atoms with Gasteiger partial charge < -0.3 is 25.4 Å². The van der Waals surface area contributed by atoms with Gasteiger partial charge in [0.2, 0.25) is 5.91 Å². The number of carbonyl (C=O) groups excluding carboxylic acids is 2. The topological polar surface area (TPSA) is 129 Å². The van der Waals surface area contributed by atoms with Crippen molar-refractivity contribution in [3.8, 4) is 0 Å². The Bertz CT molecular complexity index is 1140. The van der Waals surface area contributed by atoms with E-state index >= 15 is 0 Å². The van der Waals surface area contributed by atoms with Gasteiger partial charge in [0.1, 0.15) is 0 Å². The number of hydrogen-bond acceptors (Lipinski definition) is 8. The second kappa shape index (κ2) is 11.5. The number of carbonyl (C=O) groups is 2. The number of esters is 1. The van der Waals surface area contributed by atoms with Crippen molar-refractivity contribution in [2.45, 2.75) is 117 Å².